The Balaban J connectivity index is 1.59. The number of piperazine rings is 1. The molecule has 170 valence electrons. The summed E-state index contributed by atoms with van der Waals surface area (Å²) in [5.74, 6) is 0.350. The number of thiazole rings is 1. The standard InChI is InChI=1S/C22H19Cl2FN6OS/c1-32-22-29-17-12(20(30-22)31-7-9-2-3-10(8-31)27-9)6-13(23)15(16(17)24)11-4-5-14(25)19-18(11)28-21(26)33-19/h4-6,9-10,27H,2-3,7-8H2,1H3,(H2,26,28). The summed E-state index contributed by atoms with van der Waals surface area (Å²) in [6, 6.07) is 5.88. The van der Waals surface area contributed by atoms with Crippen LogP contribution in [-0.2, 0) is 0 Å². The Kier molecular flexibility index (Phi) is 4.99. The van der Waals surface area contributed by atoms with Crippen LogP contribution < -0.4 is 20.7 Å². The number of nitrogen functional groups attached to an aromatic ring is 1. The average molecular weight is 505 g/mol. The second-order valence-electron chi connectivity index (χ2n) is 8.35. The van der Waals surface area contributed by atoms with Crippen LogP contribution in [0.25, 0.3) is 32.2 Å². The third-order valence-corrected chi connectivity index (χ3v) is 7.88. The van der Waals surface area contributed by atoms with Crippen molar-refractivity contribution in [3.05, 3.63) is 34.1 Å². The first-order chi connectivity index (χ1) is 15.9. The van der Waals surface area contributed by atoms with Crippen LogP contribution in [0.1, 0.15) is 12.8 Å². The zero-order chi connectivity index (χ0) is 22.9. The van der Waals surface area contributed by atoms with Gasteiger partial charge in [0.25, 0.3) is 0 Å². The van der Waals surface area contributed by atoms with Crippen molar-refractivity contribution in [2.75, 3.05) is 30.8 Å². The quantitative estimate of drug-likeness (QED) is 0.410. The molecule has 0 spiro atoms. The van der Waals surface area contributed by atoms with Crippen molar-refractivity contribution in [1.29, 1.82) is 0 Å². The lowest BCUT2D eigenvalue weighted by molar-refractivity contribution is 0.380. The van der Waals surface area contributed by atoms with E-state index in [0.29, 0.717) is 49.0 Å². The predicted octanol–water partition coefficient (Wildman–Crippen LogP) is 4.88. The highest BCUT2D eigenvalue weighted by atomic mass is 35.5. The van der Waals surface area contributed by atoms with Gasteiger partial charge >= 0.3 is 6.01 Å². The maximum Gasteiger partial charge on any atom is 0.318 e. The molecule has 2 aromatic carbocycles. The van der Waals surface area contributed by atoms with Crippen LogP contribution in [0.3, 0.4) is 0 Å². The molecule has 7 nitrogen and oxygen atoms in total. The van der Waals surface area contributed by atoms with Gasteiger partial charge in [-0.25, -0.2) is 9.37 Å². The molecule has 4 heterocycles. The molecule has 11 heteroatoms. The Morgan fingerprint density at radius 2 is 1.91 bits per heavy atom. The fourth-order valence-corrected chi connectivity index (χ4v) is 6.37. The maximum atomic E-state index is 14.4. The van der Waals surface area contributed by atoms with E-state index in [9.17, 15) is 4.39 Å². The maximum absolute atomic E-state index is 14.4. The highest BCUT2D eigenvalue weighted by Gasteiger charge is 2.34. The fraction of sp³-hybridized carbons (Fsp3) is 0.318. The lowest BCUT2D eigenvalue weighted by atomic mass is 10.0. The van der Waals surface area contributed by atoms with Crippen LogP contribution in [-0.4, -0.2) is 47.2 Å². The Labute approximate surface area is 202 Å². The van der Waals surface area contributed by atoms with Gasteiger partial charge in [0.2, 0.25) is 0 Å². The molecule has 2 fully saturated rings. The molecule has 2 bridgehead atoms. The molecule has 2 aliphatic heterocycles. The number of anilines is 2. The molecule has 2 atom stereocenters. The van der Waals surface area contributed by atoms with Gasteiger partial charge < -0.3 is 20.7 Å². The summed E-state index contributed by atoms with van der Waals surface area (Å²) in [6.07, 6.45) is 2.29. The Morgan fingerprint density at radius 3 is 2.64 bits per heavy atom. The molecule has 2 aliphatic rings. The summed E-state index contributed by atoms with van der Waals surface area (Å²) in [5, 5.41) is 5.37. The van der Waals surface area contributed by atoms with Gasteiger partial charge in [-0.1, -0.05) is 34.5 Å². The van der Waals surface area contributed by atoms with Crippen molar-refractivity contribution >= 4 is 66.6 Å². The second-order valence-corrected chi connectivity index (χ2v) is 10.2. The Morgan fingerprint density at radius 1 is 1.15 bits per heavy atom. The predicted molar refractivity (Wildman–Crippen MR) is 131 cm³/mol. The number of nitrogens with one attached hydrogen (secondary N) is 1. The van der Waals surface area contributed by atoms with Gasteiger partial charge in [-0.3, -0.25) is 0 Å². The van der Waals surface area contributed by atoms with Gasteiger partial charge in [0.1, 0.15) is 11.6 Å². The van der Waals surface area contributed by atoms with Crippen molar-refractivity contribution in [3.63, 3.8) is 0 Å². The van der Waals surface area contributed by atoms with E-state index in [-0.39, 0.29) is 11.1 Å². The number of hydrogen-bond acceptors (Lipinski definition) is 8. The zero-order valence-corrected chi connectivity index (χ0v) is 19.9. The summed E-state index contributed by atoms with van der Waals surface area (Å²) in [6.45, 7) is 1.67. The third-order valence-electron chi connectivity index (χ3n) is 6.32. The smallest absolute Gasteiger partial charge is 0.318 e. The Bertz CT molecular complexity index is 1420. The number of benzene rings is 2. The van der Waals surface area contributed by atoms with Crippen LogP contribution in [0.2, 0.25) is 10.0 Å². The summed E-state index contributed by atoms with van der Waals surface area (Å²) >= 11 is 14.8. The van der Waals surface area contributed by atoms with E-state index >= 15 is 0 Å². The largest absolute Gasteiger partial charge is 0.467 e. The number of ether oxygens (including phenoxy) is 1. The van der Waals surface area contributed by atoms with E-state index < -0.39 is 5.82 Å². The molecule has 3 N–H and O–H groups in total. The van der Waals surface area contributed by atoms with Crippen molar-refractivity contribution in [2.24, 2.45) is 0 Å². The lowest BCUT2D eigenvalue weighted by Gasteiger charge is -2.34. The number of halogens is 3. The molecule has 4 aromatic rings. The third kappa shape index (κ3) is 3.37. The molecule has 2 unspecified atom stereocenters. The van der Waals surface area contributed by atoms with Gasteiger partial charge in [-0.2, -0.15) is 9.97 Å². The first kappa shape index (κ1) is 21.1. The number of nitrogens with two attached hydrogens (primary N) is 1. The minimum atomic E-state index is -0.393. The fourth-order valence-electron chi connectivity index (χ4n) is 4.90. The molecule has 0 saturated carbocycles. The van der Waals surface area contributed by atoms with Crippen LogP contribution in [0.5, 0.6) is 6.01 Å². The van der Waals surface area contributed by atoms with Gasteiger partial charge in [-0.15, -0.1) is 0 Å². The van der Waals surface area contributed by atoms with Gasteiger partial charge in [-0.05, 0) is 31.0 Å². The molecule has 33 heavy (non-hydrogen) atoms. The first-order valence-electron chi connectivity index (χ1n) is 10.5. The van der Waals surface area contributed by atoms with Crippen molar-refractivity contribution in [1.82, 2.24) is 20.3 Å². The highest BCUT2D eigenvalue weighted by Crippen LogP contribution is 2.45. The van der Waals surface area contributed by atoms with Crippen LogP contribution in [0.15, 0.2) is 18.2 Å². The van der Waals surface area contributed by atoms with E-state index in [2.05, 4.69) is 25.2 Å². The van der Waals surface area contributed by atoms with E-state index in [1.807, 2.05) is 6.07 Å². The lowest BCUT2D eigenvalue weighted by Crippen LogP contribution is -2.51. The SMILES string of the molecule is COc1nc(N2CC3CCC(C2)N3)c2cc(Cl)c(-c3ccc(F)c4sc(N)nc34)c(Cl)c2n1. The van der Waals surface area contributed by atoms with Crippen LogP contribution in [0, 0.1) is 5.82 Å². The second kappa shape index (κ2) is 7.80. The minimum Gasteiger partial charge on any atom is -0.467 e. The van der Waals surface area contributed by atoms with E-state index in [4.69, 9.17) is 33.7 Å². The number of methoxy groups -OCH3 is 1. The molecular formula is C22H19Cl2FN6OS. The van der Waals surface area contributed by atoms with Gasteiger partial charge in [0, 0.05) is 41.7 Å². The molecule has 0 aliphatic carbocycles. The number of hydrogen-bond donors (Lipinski definition) is 2. The summed E-state index contributed by atoms with van der Waals surface area (Å²) in [4.78, 5) is 15.8. The number of fused-ring (bicyclic) bond motifs is 4. The van der Waals surface area contributed by atoms with Crippen molar-refractivity contribution in [2.45, 2.75) is 24.9 Å². The average Bonchev–Trinajstić information content (AvgIpc) is 3.36. The van der Waals surface area contributed by atoms with Crippen LogP contribution >= 0.6 is 34.5 Å². The molecular weight excluding hydrogens is 486 g/mol. The number of aromatic nitrogens is 3. The molecule has 0 amide bonds. The van der Waals surface area contributed by atoms with Crippen LogP contribution in [0.4, 0.5) is 15.3 Å². The summed E-state index contributed by atoms with van der Waals surface area (Å²) < 4.78 is 20.1. The van der Waals surface area contributed by atoms with Crippen molar-refractivity contribution in [3.8, 4) is 17.1 Å². The van der Waals surface area contributed by atoms with E-state index in [1.54, 1.807) is 6.07 Å². The number of rotatable bonds is 3. The molecule has 6 rings (SSSR count). The van der Waals surface area contributed by atoms with Gasteiger partial charge in [0.05, 0.1) is 32.9 Å². The number of nitrogens with zero attached hydrogens (tertiary/aromatic N) is 4. The topological polar surface area (TPSA) is 89.2 Å². The molecule has 2 saturated heterocycles. The van der Waals surface area contributed by atoms with Gasteiger partial charge in [0.15, 0.2) is 5.13 Å². The highest BCUT2D eigenvalue weighted by molar-refractivity contribution is 7.22. The zero-order valence-electron chi connectivity index (χ0n) is 17.5. The Hall–Kier alpha value is -2.46. The minimum absolute atomic E-state index is 0.223. The normalized spacial score (nSPS) is 20.2. The molecule has 0 radical (unpaired) electrons. The molecule has 2 aromatic heterocycles. The van der Waals surface area contributed by atoms with E-state index in [1.165, 1.54) is 13.2 Å². The summed E-state index contributed by atoms with van der Waals surface area (Å²) in [7, 11) is 1.53. The van der Waals surface area contributed by atoms with E-state index in [0.717, 1.165) is 48.5 Å². The monoisotopic (exact) mass is 504 g/mol. The summed E-state index contributed by atoms with van der Waals surface area (Å²) in [5.41, 5.74) is 7.92. The first-order valence-corrected chi connectivity index (χ1v) is 12.1. The van der Waals surface area contributed by atoms with Crippen molar-refractivity contribution < 1.29 is 9.13 Å².